The Morgan fingerprint density at radius 2 is 1.70 bits per heavy atom. The first-order chi connectivity index (χ1) is 13.2. The lowest BCUT2D eigenvalue weighted by Crippen LogP contribution is -2.48. The van der Waals surface area contributed by atoms with E-state index in [1.54, 1.807) is 6.08 Å². The fourth-order valence-corrected chi connectivity index (χ4v) is 3.20. The molecule has 1 amide bonds. The molecule has 142 valence electrons. The van der Waals surface area contributed by atoms with Crippen LogP contribution in [0.5, 0.6) is 0 Å². The predicted octanol–water partition coefficient (Wildman–Crippen LogP) is 2.68. The number of anilines is 2. The molecule has 0 N–H and O–H groups in total. The first-order valence-corrected chi connectivity index (χ1v) is 9.57. The third-order valence-corrected chi connectivity index (χ3v) is 4.86. The minimum Gasteiger partial charge on any atom is -0.356 e. The molecule has 6 nitrogen and oxygen atoms in total. The largest absolute Gasteiger partial charge is 0.356 e. The maximum Gasteiger partial charge on any atom is 0.246 e. The Kier molecular flexibility index (Phi) is 6.41. The first-order valence-electron chi connectivity index (χ1n) is 9.57. The van der Waals surface area contributed by atoms with Gasteiger partial charge in [0.15, 0.2) is 11.6 Å². The summed E-state index contributed by atoms with van der Waals surface area (Å²) < 4.78 is 0. The summed E-state index contributed by atoms with van der Waals surface area (Å²) in [4.78, 5) is 18.6. The molecule has 1 aromatic carbocycles. The lowest BCUT2D eigenvalue weighted by atomic mass is 10.2. The van der Waals surface area contributed by atoms with Crippen LogP contribution in [0.2, 0.25) is 0 Å². The van der Waals surface area contributed by atoms with Crippen LogP contribution < -0.4 is 9.80 Å². The normalized spacial score (nSPS) is 14.6. The maximum atomic E-state index is 12.4. The van der Waals surface area contributed by atoms with E-state index in [9.17, 15) is 4.79 Å². The fraction of sp³-hybridized carbons (Fsp3) is 0.381. The third-order valence-electron chi connectivity index (χ3n) is 4.86. The molecule has 1 aliphatic rings. The van der Waals surface area contributed by atoms with Gasteiger partial charge >= 0.3 is 0 Å². The molecular formula is C21H27N5O. The lowest BCUT2D eigenvalue weighted by Gasteiger charge is -2.34. The average Bonchev–Trinajstić information content (AvgIpc) is 2.74. The van der Waals surface area contributed by atoms with Crippen molar-refractivity contribution in [3.8, 4) is 0 Å². The highest BCUT2D eigenvalue weighted by atomic mass is 16.2. The van der Waals surface area contributed by atoms with E-state index in [0.717, 1.165) is 43.4 Å². The molecule has 0 atom stereocenters. The van der Waals surface area contributed by atoms with Gasteiger partial charge in [0, 0.05) is 45.3 Å². The molecule has 3 rings (SSSR count). The van der Waals surface area contributed by atoms with Gasteiger partial charge < -0.3 is 14.7 Å². The van der Waals surface area contributed by atoms with Crippen molar-refractivity contribution in [1.82, 2.24) is 15.1 Å². The van der Waals surface area contributed by atoms with Gasteiger partial charge in [0.05, 0.1) is 0 Å². The predicted molar refractivity (Wildman–Crippen MR) is 110 cm³/mol. The Labute approximate surface area is 161 Å². The molecule has 0 radical (unpaired) electrons. The lowest BCUT2D eigenvalue weighted by molar-refractivity contribution is -0.126. The van der Waals surface area contributed by atoms with Gasteiger partial charge in [0.1, 0.15) is 0 Å². The van der Waals surface area contributed by atoms with Crippen molar-refractivity contribution in [3.05, 3.63) is 54.1 Å². The molecule has 1 aliphatic heterocycles. The van der Waals surface area contributed by atoms with Crippen molar-refractivity contribution >= 4 is 23.6 Å². The van der Waals surface area contributed by atoms with Crippen LogP contribution in [-0.4, -0.2) is 60.3 Å². The van der Waals surface area contributed by atoms with E-state index in [-0.39, 0.29) is 5.91 Å². The average molecular weight is 365 g/mol. The van der Waals surface area contributed by atoms with Crippen LogP contribution in [0.25, 0.3) is 6.08 Å². The SMILES string of the molecule is CCN(CC)c1ccc(N2CCN(C(=O)/C=C/c3ccccc3)CC2)nn1. The van der Waals surface area contributed by atoms with Crippen molar-refractivity contribution in [2.75, 3.05) is 49.1 Å². The molecule has 0 spiro atoms. The van der Waals surface area contributed by atoms with Crippen LogP contribution in [0.1, 0.15) is 19.4 Å². The number of aromatic nitrogens is 2. The summed E-state index contributed by atoms with van der Waals surface area (Å²) in [6, 6.07) is 13.9. The van der Waals surface area contributed by atoms with Crippen LogP contribution in [-0.2, 0) is 4.79 Å². The van der Waals surface area contributed by atoms with E-state index >= 15 is 0 Å². The van der Waals surface area contributed by atoms with Crippen molar-refractivity contribution in [2.24, 2.45) is 0 Å². The van der Waals surface area contributed by atoms with E-state index in [0.29, 0.717) is 13.1 Å². The van der Waals surface area contributed by atoms with Crippen LogP contribution in [0.3, 0.4) is 0 Å². The summed E-state index contributed by atoms with van der Waals surface area (Å²) in [5, 5.41) is 8.74. The van der Waals surface area contributed by atoms with Crippen LogP contribution in [0.15, 0.2) is 48.5 Å². The minimum absolute atomic E-state index is 0.0569. The maximum absolute atomic E-state index is 12.4. The number of carbonyl (C=O) groups is 1. The van der Waals surface area contributed by atoms with Crippen LogP contribution >= 0.6 is 0 Å². The molecule has 0 unspecified atom stereocenters. The highest BCUT2D eigenvalue weighted by Crippen LogP contribution is 2.16. The fourth-order valence-electron chi connectivity index (χ4n) is 3.20. The summed E-state index contributed by atoms with van der Waals surface area (Å²) in [6.07, 6.45) is 3.52. The molecule has 2 heterocycles. The highest BCUT2D eigenvalue weighted by Gasteiger charge is 2.21. The summed E-state index contributed by atoms with van der Waals surface area (Å²) in [5.74, 6) is 1.84. The van der Waals surface area contributed by atoms with E-state index in [1.807, 2.05) is 53.4 Å². The van der Waals surface area contributed by atoms with E-state index in [2.05, 4.69) is 33.8 Å². The summed E-state index contributed by atoms with van der Waals surface area (Å²) in [7, 11) is 0. The van der Waals surface area contributed by atoms with Gasteiger partial charge in [-0.05, 0) is 37.6 Å². The number of hydrogen-bond donors (Lipinski definition) is 0. The summed E-state index contributed by atoms with van der Waals surface area (Å²) in [6.45, 7) is 8.98. The van der Waals surface area contributed by atoms with Gasteiger partial charge in [-0.15, -0.1) is 10.2 Å². The number of nitrogens with zero attached hydrogens (tertiary/aromatic N) is 5. The molecule has 27 heavy (non-hydrogen) atoms. The number of rotatable bonds is 6. The molecule has 6 heteroatoms. The van der Waals surface area contributed by atoms with Crippen LogP contribution in [0, 0.1) is 0 Å². The zero-order chi connectivity index (χ0) is 19.1. The van der Waals surface area contributed by atoms with Crippen LogP contribution in [0.4, 0.5) is 11.6 Å². The van der Waals surface area contributed by atoms with Gasteiger partial charge in [0.2, 0.25) is 5.91 Å². The topological polar surface area (TPSA) is 52.6 Å². The van der Waals surface area contributed by atoms with E-state index in [1.165, 1.54) is 0 Å². The molecule has 1 fully saturated rings. The third kappa shape index (κ3) is 4.84. The molecule has 1 aromatic heterocycles. The Morgan fingerprint density at radius 3 is 2.30 bits per heavy atom. The Balaban J connectivity index is 1.54. The number of hydrogen-bond acceptors (Lipinski definition) is 5. The monoisotopic (exact) mass is 365 g/mol. The molecule has 0 aliphatic carbocycles. The number of amides is 1. The zero-order valence-electron chi connectivity index (χ0n) is 16.1. The van der Waals surface area contributed by atoms with E-state index in [4.69, 9.17) is 0 Å². The van der Waals surface area contributed by atoms with Gasteiger partial charge in [0.25, 0.3) is 0 Å². The molecule has 1 saturated heterocycles. The molecule has 0 saturated carbocycles. The van der Waals surface area contributed by atoms with Crippen molar-refractivity contribution in [2.45, 2.75) is 13.8 Å². The zero-order valence-corrected chi connectivity index (χ0v) is 16.1. The van der Waals surface area contributed by atoms with E-state index < -0.39 is 0 Å². The van der Waals surface area contributed by atoms with Crippen molar-refractivity contribution in [1.29, 1.82) is 0 Å². The van der Waals surface area contributed by atoms with Gasteiger partial charge in [-0.2, -0.15) is 0 Å². The van der Waals surface area contributed by atoms with Gasteiger partial charge in [-0.1, -0.05) is 30.3 Å². The Morgan fingerprint density at radius 1 is 1.00 bits per heavy atom. The highest BCUT2D eigenvalue weighted by molar-refractivity contribution is 5.91. The summed E-state index contributed by atoms with van der Waals surface area (Å²) >= 11 is 0. The number of piperazine rings is 1. The second-order valence-corrected chi connectivity index (χ2v) is 6.48. The van der Waals surface area contributed by atoms with Gasteiger partial charge in [-0.25, -0.2) is 0 Å². The minimum atomic E-state index is 0.0569. The van der Waals surface area contributed by atoms with Crippen molar-refractivity contribution in [3.63, 3.8) is 0 Å². The Bertz CT molecular complexity index is 748. The number of benzene rings is 1. The molecular weight excluding hydrogens is 338 g/mol. The quantitative estimate of drug-likeness (QED) is 0.737. The Hall–Kier alpha value is -2.89. The second-order valence-electron chi connectivity index (χ2n) is 6.48. The number of carbonyl (C=O) groups excluding carboxylic acids is 1. The second kappa shape index (κ2) is 9.16. The van der Waals surface area contributed by atoms with Crippen molar-refractivity contribution < 1.29 is 4.79 Å². The summed E-state index contributed by atoms with van der Waals surface area (Å²) in [5.41, 5.74) is 1.04. The van der Waals surface area contributed by atoms with Gasteiger partial charge in [-0.3, -0.25) is 4.79 Å². The smallest absolute Gasteiger partial charge is 0.246 e. The first kappa shape index (κ1) is 18.9. The molecule has 0 bridgehead atoms. The molecule has 2 aromatic rings. The standard InChI is InChI=1S/C21H27N5O/c1-3-24(4-2)19-11-12-20(23-22-19)25-14-16-26(17-15-25)21(27)13-10-18-8-6-5-7-9-18/h5-13H,3-4,14-17H2,1-2H3/b13-10+.